The molecule has 2 aromatic carbocycles. The van der Waals surface area contributed by atoms with Crippen LogP contribution in [-0.2, 0) is 13.1 Å². The van der Waals surface area contributed by atoms with Gasteiger partial charge in [0.05, 0.1) is 5.39 Å². The molecule has 1 aliphatic heterocycles. The van der Waals surface area contributed by atoms with Gasteiger partial charge in [0.15, 0.2) is 5.15 Å². The van der Waals surface area contributed by atoms with Crippen molar-refractivity contribution >= 4 is 28.1 Å². The summed E-state index contributed by atoms with van der Waals surface area (Å²) in [6, 6.07) is 14.2. The summed E-state index contributed by atoms with van der Waals surface area (Å²) in [6.07, 6.45) is 3.97. The molecule has 27 heavy (non-hydrogen) atoms. The van der Waals surface area contributed by atoms with Gasteiger partial charge in [-0.1, -0.05) is 36.2 Å². The van der Waals surface area contributed by atoms with Gasteiger partial charge in [-0.2, -0.15) is 5.10 Å². The Labute approximate surface area is 163 Å². The Hall–Kier alpha value is -2.37. The number of likely N-dealkylation sites (tertiary alicyclic amines) is 1. The molecule has 6 heteroatoms. The highest BCUT2D eigenvalue weighted by atomic mass is 35.5. The lowest BCUT2D eigenvalue weighted by Crippen LogP contribution is -2.29. The van der Waals surface area contributed by atoms with E-state index in [0.29, 0.717) is 22.5 Å². The van der Waals surface area contributed by atoms with Gasteiger partial charge in [-0.15, -0.1) is 0 Å². The molecule has 3 aromatic rings. The van der Waals surface area contributed by atoms with Crippen molar-refractivity contribution in [3.63, 3.8) is 0 Å². The number of benzene rings is 2. The van der Waals surface area contributed by atoms with Gasteiger partial charge in [-0.05, 0) is 61.3 Å². The predicted octanol–water partition coefficient (Wildman–Crippen LogP) is 4.17. The maximum Gasteiger partial charge on any atom is 0.272 e. The van der Waals surface area contributed by atoms with Gasteiger partial charge >= 0.3 is 0 Å². The van der Waals surface area contributed by atoms with Gasteiger partial charge in [-0.25, -0.2) is 5.10 Å². The van der Waals surface area contributed by atoms with Gasteiger partial charge in [0.25, 0.3) is 5.56 Å². The minimum Gasteiger partial charge on any atom is -0.381 e. The van der Waals surface area contributed by atoms with Crippen LogP contribution in [0, 0.1) is 0 Å². The molecule has 2 heterocycles. The number of hydrogen-bond donors (Lipinski definition) is 2. The Bertz CT molecular complexity index is 995. The molecule has 1 aromatic heterocycles. The summed E-state index contributed by atoms with van der Waals surface area (Å²) >= 11 is 6.13. The zero-order valence-corrected chi connectivity index (χ0v) is 15.9. The van der Waals surface area contributed by atoms with Crippen molar-refractivity contribution in [2.24, 2.45) is 0 Å². The van der Waals surface area contributed by atoms with E-state index in [9.17, 15) is 4.79 Å². The second-order valence-electron chi connectivity index (χ2n) is 7.11. The van der Waals surface area contributed by atoms with E-state index in [1.807, 2.05) is 12.1 Å². The summed E-state index contributed by atoms with van der Waals surface area (Å²) < 4.78 is 0. The summed E-state index contributed by atoms with van der Waals surface area (Å²) in [6.45, 7) is 4.06. The Morgan fingerprint density at radius 1 is 1.04 bits per heavy atom. The van der Waals surface area contributed by atoms with E-state index in [0.717, 1.165) is 17.8 Å². The minimum absolute atomic E-state index is 0.223. The van der Waals surface area contributed by atoms with Crippen LogP contribution in [-0.4, -0.2) is 28.2 Å². The molecule has 4 rings (SSSR count). The summed E-state index contributed by atoms with van der Waals surface area (Å²) in [5, 5.41) is 11.3. The van der Waals surface area contributed by atoms with Gasteiger partial charge in [0.2, 0.25) is 0 Å². The second kappa shape index (κ2) is 8.11. The van der Waals surface area contributed by atoms with E-state index in [-0.39, 0.29) is 5.56 Å². The molecule has 0 aliphatic carbocycles. The number of fused-ring (bicyclic) bond motifs is 1. The third-order valence-electron chi connectivity index (χ3n) is 5.08. The van der Waals surface area contributed by atoms with Crippen LogP contribution in [0.4, 0.5) is 5.69 Å². The molecular weight excluding hydrogens is 360 g/mol. The Kier molecular flexibility index (Phi) is 5.41. The van der Waals surface area contributed by atoms with Crippen molar-refractivity contribution < 1.29 is 0 Å². The number of halogens is 1. The Morgan fingerprint density at radius 2 is 1.89 bits per heavy atom. The third-order valence-corrected chi connectivity index (χ3v) is 5.37. The van der Waals surface area contributed by atoms with Crippen LogP contribution in [0.25, 0.3) is 10.8 Å². The fourth-order valence-electron chi connectivity index (χ4n) is 3.65. The van der Waals surface area contributed by atoms with Crippen molar-refractivity contribution in [3.8, 4) is 0 Å². The topological polar surface area (TPSA) is 61.0 Å². The number of nitrogens with one attached hydrogen (secondary N) is 2. The van der Waals surface area contributed by atoms with Crippen LogP contribution in [0.15, 0.2) is 47.3 Å². The molecule has 0 radical (unpaired) electrons. The van der Waals surface area contributed by atoms with Gasteiger partial charge in [0, 0.05) is 24.2 Å². The van der Waals surface area contributed by atoms with Gasteiger partial charge < -0.3 is 5.32 Å². The monoisotopic (exact) mass is 382 g/mol. The van der Waals surface area contributed by atoms with Crippen LogP contribution in [0.1, 0.15) is 30.4 Å². The van der Waals surface area contributed by atoms with Crippen molar-refractivity contribution in [2.75, 3.05) is 18.4 Å². The number of hydrogen-bond acceptors (Lipinski definition) is 4. The molecule has 0 atom stereocenters. The first-order valence-electron chi connectivity index (χ1n) is 9.41. The molecular formula is C21H23ClN4O. The van der Waals surface area contributed by atoms with Crippen LogP contribution < -0.4 is 10.9 Å². The largest absolute Gasteiger partial charge is 0.381 e. The molecule has 1 aliphatic rings. The van der Waals surface area contributed by atoms with Crippen molar-refractivity contribution in [1.82, 2.24) is 15.1 Å². The zero-order chi connectivity index (χ0) is 18.6. The molecule has 0 bridgehead atoms. The highest BCUT2D eigenvalue weighted by Crippen LogP contribution is 2.21. The summed E-state index contributed by atoms with van der Waals surface area (Å²) in [4.78, 5) is 14.4. The van der Waals surface area contributed by atoms with E-state index in [1.165, 1.54) is 37.9 Å². The Balaban J connectivity index is 1.45. The lowest BCUT2D eigenvalue weighted by molar-refractivity contribution is 0.221. The smallest absolute Gasteiger partial charge is 0.272 e. The second-order valence-corrected chi connectivity index (χ2v) is 7.47. The number of rotatable bonds is 5. The van der Waals surface area contributed by atoms with Crippen molar-refractivity contribution in [3.05, 3.63) is 69.1 Å². The maximum absolute atomic E-state index is 11.8. The van der Waals surface area contributed by atoms with E-state index in [4.69, 9.17) is 11.6 Å². The molecule has 1 saturated heterocycles. The average Bonchev–Trinajstić information content (AvgIpc) is 2.70. The standard InChI is InChI=1S/C21H23ClN4O/c22-20-19-12-15(7-8-18(19)21(27)25-24-20)13-23-17-6-4-5-16(11-17)14-26-9-2-1-3-10-26/h4-8,11-12,23H,1-3,9-10,13-14H2,(H,25,27). The van der Waals surface area contributed by atoms with Crippen molar-refractivity contribution in [2.45, 2.75) is 32.4 Å². The lowest BCUT2D eigenvalue weighted by atomic mass is 10.1. The van der Waals surface area contributed by atoms with Crippen LogP contribution in [0.3, 0.4) is 0 Å². The van der Waals surface area contributed by atoms with E-state index >= 15 is 0 Å². The average molecular weight is 383 g/mol. The molecule has 0 unspecified atom stereocenters. The molecule has 0 saturated carbocycles. The van der Waals surface area contributed by atoms with E-state index < -0.39 is 0 Å². The first-order chi connectivity index (χ1) is 13.2. The predicted molar refractivity (Wildman–Crippen MR) is 110 cm³/mol. The SMILES string of the molecule is O=c1[nH]nc(Cl)c2cc(CNc3cccc(CN4CCCCC4)c3)ccc12. The summed E-state index contributed by atoms with van der Waals surface area (Å²) in [7, 11) is 0. The van der Waals surface area contributed by atoms with Gasteiger partial charge in [-0.3, -0.25) is 9.69 Å². The molecule has 0 amide bonds. The number of anilines is 1. The fraction of sp³-hybridized carbons (Fsp3) is 0.333. The highest BCUT2D eigenvalue weighted by Gasteiger charge is 2.10. The quantitative estimate of drug-likeness (QED) is 0.695. The fourth-order valence-corrected chi connectivity index (χ4v) is 3.85. The highest BCUT2D eigenvalue weighted by molar-refractivity contribution is 6.34. The lowest BCUT2D eigenvalue weighted by Gasteiger charge is -2.26. The first kappa shape index (κ1) is 18.0. The zero-order valence-electron chi connectivity index (χ0n) is 15.2. The Morgan fingerprint density at radius 3 is 2.74 bits per heavy atom. The summed E-state index contributed by atoms with van der Waals surface area (Å²) in [5.74, 6) is 0. The summed E-state index contributed by atoms with van der Waals surface area (Å²) in [5.41, 5.74) is 3.26. The van der Waals surface area contributed by atoms with Crippen molar-refractivity contribution in [1.29, 1.82) is 0 Å². The van der Waals surface area contributed by atoms with E-state index in [1.54, 1.807) is 6.07 Å². The van der Waals surface area contributed by atoms with E-state index in [2.05, 4.69) is 44.7 Å². The number of piperidine rings is 1. The minimum atomic E-state index is -0.223. The normalized spacial score (nSPS) is 15.1. The molecule has 0 spiro atoms. The molecule has 1 fully saturated rings. The maximum atomic E-state index is 11.8. The number of H-pyrrole nitrogens is 1. The van der Waals surface area contributed by atoms with Crippen LogP contribution >= 0.6 is 11.6 Å². The van der Waals surface area contributed by atoms with Crippen LogP contribution in [0.2, 0.25) is 5.15 Å². The first-order valence-corrected chi connectivity index (χ1v) is 9.79. The van der Waals surface area contributed by atoms with Crippen LogP contribution in [0.5, 0.6) is 0 Å². The number of aromatic amines is 1. The number of nitrogens with zero attached hydrogens (tertiary/aromatic N) is 2. The third kappa shape index (κ3) is 4.31. The molecule has 140 valence electrons. The number of aromatic nitrogens is 2. The van der Waals surface area contributed by atoms with Gasteiger partial charge in [0.1, 0.15) is 0 Å². The molecule has 2 N–H and O–H groups in total. The molecule has 5 nitrogen and oxygen atoms in total.